The van der Waals surface area contributed by atoms with E-state index >= 15 is 0 Å². The fraction of sp³-hybridized carbons (Fsp3) is 0.0800. The molecule has 1 atom stereocenters. The minimum Gasteiger partial charge on any atom is -0.328 e. The first-order chi connectivity index (χ1) is 16.9. The van der Waals surface area contributed by atoms with Crippen LogP contribution < -0.4 is 10.6 Å². The van der Waals surface area contributed by atoms with Gasteiger partial charge in [-0.25, -0.2) is 4.68 Å². The van der Waals surface area contributed by atoms with Crippen LogP contribution in [-0.4, -0.2) is 25.6 Å². The number of fused-ring (bicyclic) bond motifs is 1. The predicted octanol–water partition coefficient (Wildman–Crippen LogP) is 5.43. The number of halogens is 1. The van der Waals surface area contributed by atoms with E-state index in [9.17, 15) is 14.9 Å². The Labute approximate surface area is 205 Å². The molecule has 4 aromatic rings. The topological polar surface area (TPSA) is 115 Å². The Kier molecular flexibility index (Phi) is 5.76. The average Bonchev–Trinajstić information content (AvgIpc) is 3.27. The number of hydrogen-bond donors (Lipinski definition) is 2. The van der Waals surface area contributed by atoms with Gasteiger partial charge in [0.05, 0.1) is 16.1 Å². The Morgan fingerprint density at radius 2 is 1.83 bits per heavy atom. The average molecular weight is 487 g/mol. The van der Waals surface area contributed by atoms with Crippen molar-refractivity contribution in [2.75, 3.05) is 10.6 Å². The third-order valence-corrected chi connectivity index (χ3v) is 5.87. The van der Waals surface area contributed by atoms with E-state index in [1.54, 1.807) is 55.5 Å². The zero-order valence-corrected chi connectivity index (χ0v) is 19.2. The van der Waals surface area contributed by atoms with Crippen molar-refractivity contribution in [1.29, 1.82) is 0 Å². The van der Waals surface area contributed by atoms with E-state index in [-0.39, 0.29) is 11.3 Å². The summed E-state index contributed by atoms with van der Waals surface area (Å²) in [4.78, 5) is 29.5. The predicted molar refractivity (Wildman–Crippen MR) is 133 cm³/mol. The molecule has 2 heterocycles. The zero-order chi connectivity index (χ0) is 24.5. The van der Waals surface area contributed by atoms with Crippen molar-refractivity contribution in [2.24, 2.45) is 0 Å². The van der Waals surface area contributed by atoms with Gasteiger partial charge in [-0.3, -0.25) is 14.9 Å². The fourth-order valence-electron chi connectivity index (χ4n) is 4.09. The van der Waals surface area contributed by atoms with E-state index < -0.39 is 16.9 Å². The summed E-state index contributed by atoms with van der Waals surface area (Å²) < 4.78 is 1.51. The molecule has 0 fully saturated rings. The van der Waals surface area contributed by atoms with Crippen LogP contribution in [-0.2, 0) is 4.79 Å². The Balaban J connectivity index is 1.67. The standard InChI is InChI=1S/C25H19ClN6O3/c1-15-21(24(33)28-18-10-3-2-4-11-18)22(19-12-5-6-13-20(19)32(34)35)31-25(27-15)29-23(30-31)16-8-7-9-17(26)14-16/h2-14,22H,1H3,(H,28,33)(H,27,29,30). The summed E-state index contributed by atoms with van der Waals surface area (Å²) in [6.07, 6.45) is 0. The molecule has 9 nitrogen and oxygen atoms in total. The lowest BCUT2D eigenvalue weighted by Gasteiger charge is -2.28. The van der Waals surface area contributed by atoms with E-state index in [0.717, 1.165) is 0 Å². The molecule has 0 aliphatic carbocycles. The molecule has 0 radical (unpaired) electrons. The largest absolute Gasteiger partial charge is 0.328 e. The number of nitrogens with zero attached hydrogens (tertiary/aromatic N) is 4. The Hall–Kier alpha value is -4.50. The van der Waals surface area contributed by atoms with Crippen LogP contribution >= 0.6 is 11.6 Å². The molecule has 1 aliphatic rings. The number of nitro benzene ring substituents is 1. The van der Waals surface area contributed by atoms with E-state index in [1.807, 2.05) is 24.3 Å². The molecule has 1 aliphatic heterocycles. The quantitative estimate of drug-likeness (QED) is 0.287. The lowest BCUT2D eigenvalue weighted by molar-refractivity contribution is -0.385. The van der Waals surface area contributed by atoms with Gasteiger partial charge in [-0.2, -0.15) is 4.98 Å². The van der Waals surface area contributed by atoms with Gasteiger partial charge in [-0.15, -0.1) is 5.10 Å². The molecule has 5 rings (SSSR count). The second kappa shape index (κ2) is 9.03. The molecule has 3 aromatic carbocycles. The third-order valence-electron chi connectivity index (χ3n) is 5.64. The summed E-state index contributed by atoms with van der Waals surface area (Å²) >= 11 is 6.15. The van der Waals surface area contributed by atoms with Gasteiger partial charge < -0.3 is 10.6 Å². The lowest BCUT2D eigenvalue weighted by Crippen LogP contribution is -2.31. The van der Waals surface area contributed by atoms with Crippen LogP contribution in [0.4, 0.5) is 17.3 Å². The maximum absolute atomic E-state index is 13.5. The first-order valence-corrected chi connectivity index (χ1v) is 11.1. The Morgan fingerprint density at radius 3 is 2.57 bits per heavy atom. The van der Waals surface area contributed by atoms with Crippen LogP contribution in [0.2, 0.25) is 5.02 Å². The number of para-hydroxylation sites is 2. The summed E-state index contributed by atoms with van der Waals surface area (Å²) in [6, 6.07) is 21.5. The van der Waals surface area contributed by atoms with Crippen LogP contribution in [0.5, 0.6) is 0 Å². The van der Waals surface area contributed by atoms with Gasteiger partial charge in [0.15, 0.2) is 5.82 Å². The molecule has 0 bridgehead atoms. The van der Waals surface area contributed by atoms with Crippen LogP contribution in [0.1, 0.15) is 18.5 Å². The number of nitro groups is 1. The minimum absolute atomic E-state index is 0.122. The fourth-order valence-corrected chi connectivity index (χ4v) is 4.28. The molecule has 10 heteroatoms. The second-order valence-electron chi connectivity index (χ2n) is 7.92. The van der Waals surface area contributed by atoms with Gasteiger partial charge >= 0.3 is 0 Å². The molecular formula is C25H19ClN6O3. The minimum atomic E-state index is -0.892. The maximum atomic E-state index is 13.5. The van der Waals surface area contributed by atoms with Gasteiger partial charge in [0, 0.05) is 28.0 Å². The van der Waals surface area contributed by atoms with Gasteiger partial charge in [0.2, 0.25) is 5.95 Å². The van der Waals surface area contributed by atoms with Crippen LogP contribution in [0.15, 0.2) is 90.1 Å². The molecule has 1 unspecified atom stereocenters. The number of nitrogens with one attached hydrogen (secondary N) is 2. The summed E-state index contributed by atoms with van der Waals surface area (Å²) in [5.74, 6) is 0.322. The molecule has 174 valence electrons. The number of carbonyl (C=O) groups is 1. The SMILES string of the molecule is CC1=C(C(=O)Nc2ccccc2)C(c2ccccc2[N+](=O)[O-])n2nc(-c3cccc(Cl)c3)nc2N1. The Bertz CT molecular complexity index is 1480. The number of benzene rings is 3. The molecule has 0 saturated carbocycles. The van der Waals surface area contributed by atoms with Crippen molar-refractivity contribution >= 4 is 34.8 Å². The first kappa shape index (κ1) is 22.3. The van der Waals surface area contributed by atoms with Crippen molar-refractivity contribution < 1.29 is 9.72 Å². The van der Waals surface area contributed by atoms with Gasteiger partial charge in [0.1, 0.15) is 6.04 Å². The summed E-state index contributed by atoms with van der Waals surface area (Å²) in [7, 11) is 0. The normalized spacial score (nSPS) is 14.7. The lowest BCUT2D eigenvalue weighted by atomic mass is 9.93. The highest BCUT2D eigenvalue weighted by Gasteiger charge is 2.37. The molecule has 0 spiro atoms. The molecule has 2 N–H and O–H groups in total. The van der Waals surface area contributed by atoms with Crippen LogP contribution in [0.3, 0.4) is 0 Å². The van der Waals surface area contributed by atoms with E-state index in [0.29, 0.717) is 39.3 Å². The maximum Gasteiger partial charge on any atom is 0.275 e. The number of hydrogen-bond acceptors (Lipinski definition) is 6. The smallest absolute Gasteiger partial charge is 0.275 e. The number of amides is 1. The van der Waals surface area contributed by atoms with E-state index in [2.05, 4.69) is 20.7 Å². The highest BCUT2D eigenvalue weighted by molar-refractivity contribution is 6.30. The molecule has 0 saturated heterocycles. The summed E-state index contributed by atoms with van der Waals surface area (Å²) in [6.45, 7) is 1.74. The van der Waals surface area contributed by atoms with E-state index in [1.165, 1.54) is 10.7 Å². The third kappa shape index (κ3) is 4.24. The van der Waals surface area contributed by atoms with Crippen molar-refractivity contribution in [1.82, 2.24) is 14.8 Å². The monoisotopic (exact) mass is 486 g/mol. The first-order valence-electron chi connectivity index (χ1n) is 10.7. The molecule has 1 aromatic heterocycles. The molecular weight excluding hydrogens is 468 g/mol. The van der Waals surface area contributed by atoms with Gasteiger partial charge in [-0.05, 0) is 37.3 Å². The highest BCUT2D eigenvalue weighted by Crippen LogP contribution is 2.40. The summed E-state index contributed by atoms with van der Waals surface area (Å²) in [5.41, 5.74) is 2.28. The van der Waals surface area contributed by atoms with Crippen LogP contribution in [0.25, 0.3) is 11.4 Å². The van der Waals surface area contributed by atoms with Crippen molar-refractivity contribution in [2.45, 2.75) is 13.0 Å². The van der Waals surface area contributed by atoms with Crippen molar-refractivity contribution in [3.63, 3.8) is 0 Å². The number of allylic oxidation sites excluding steroid dienone is 1. The number of carbonyl (C=O) groups excluding carboxylic acids is 1. The number of anilines is 2. The molecule has 35 heavy (non-hydrogen) atoms. The van der Waals surface area contributed by atoms with Gasteiger partial charge in [0.25, 0.3) is 11.6 Å². The van der Waals surface area contributed by atoms with Crippen molar-refractivity contribution in [3.05, 3.63) is 111 Å². The van der Waals surface area contributed by atoms with Crippen molar-refractivity contribution in [3.8, 4) is 11.4 Å². The summed E-state index contributed by atoms with van der Waals surface area (Å²) in [5, 5.41) is 23.1. The number of aromatic nitrogens is 3. The highest BCUT2D eigenvalue weighted by atomic mass is 35.5. The zero-order valence-electron chi connectivity index (χ0n) is 18.5. The van der Waals surface area contributed by atoms with E-state index in [4.69, 9.17) is 11.6 Å². The van der Waals surface area contributed by atoms with Crippen LogP contribution in [0, 0.1) is 10.1 Å². The molecule has 1 amide bonds. The van der Waals surface area contributed by atoms with Gasteiger partial charge in [-0.1, -0.05) is 54.1 Å². The number of rotatable bonds is 5. The Morgan fingerprint density at radius 1 is 1.09 bits per heavy atom. The second-order valence-corrected chi connectivity index (χ2v) is 8.35.